The number of pyridine rings is 1. The highest BCUT2D eigenvalue weighted by molar-refractivity contribution is 5.97. The first-order chi connectivity index (χ1) is 13.6. The number of fused-ring (bicyclic) bond motifs is 2. The second kappa shape index (κ2) is 6.30. The lowest BCUT2D eigenvalue weighted by Gasteiger charge is -2.17. The van der Waals surface area contributed by atoms with Crippen LogP contribution in [0, 0.1) is 6.92 Å². The first kappa shape index (κ1) is 16.7. The number of aromatic nitrogens is 3. The van der Waals surface area contributed by atoms with Crippen LogP contribution in [0.25, 0.3) is 22.0 Å². The normalized spacial score (nSPS) is 13.4. The lowest BCUT2D eigenvalue weighted by molar-refractivity contribution is 0.0766. The van der Waals surface area contributed by atoms with Crippen molar-refractivity contribution in [2.45, 2.75) is 20.0 Å². The molecule has 28 heavy (non-hydrogen) atoms. The predicted octanol–water partition coefficient (Wildman–Crippen LogP) is 4.10. The fraction of sp³-hybridized carbons (Fsp3) is 0.174. The third-order valence-corrected chi connectivity index (χ3v) is 5.40. The van der Waals surface area contributed by atoms with Crippen LogP contribution in [0.5, 0.6) is 0 Å². The fourth-order valence-corrected chi connectivity index (χ4v) is 3.90. The maximum absolute atomic E-state index is 12.6. The molecule has 1 aliphatic heterocycles. The molecule has 0 radical (unpaired) electrons. The monoisotopic (exact) mass is 368 g/mol. The maximum atomic E-state index is 12.6. The van der Waals surface area contributed by atoms with Crippen molar-refractivity contribution in [3.63, 3.8) is 0 Å². The van der Waals surface area contributed by atoms with Crippen molar-refractivity contribution < 1.29 is 4.79 Å². The Balaban J connectivity index is 1.41. The van der Waals surface area contributed by atoms with E-state index in [4.69, 9.17) is 0 Å². The van der Waals surface area contributed by atoms with Gasteiger partial charge in [0.1, 0.15) is 0 Å². The molecule has 5 nitrogen and oxygen atoms in total. The number of nitrogens with zero attached hydrogens (tertiary/aromatic N) is 4. The number of aryl methyl sites for hydroxylation is 2. The van der Waals surface area contributed by atoms with Gasteiger partial charge in [0.2, 0.25) is 0 Å². The molecule has 0 aliphatic carbocycles. The van der Waals surface area contributed by atoms with Gasteiger partial charge >= 0.3 is 0 Å². The summed E-state index contributed by atoms with van der Waals surface area (Å²) in [5, 5.41) is 5.57. The van der Waals surface area contributed by atoms with Crippen LogP contribution in [0.2, 0.25) is 0 Å². The zero-order valence-corrected chi connectivity index (χ0v) is 15.9. The van der Waals surface area contributed by atoms with Gasteiger partial charge < -0.3 is 4.90 Å². The van der Waals surface area contributed by atoms with Gasteiger partial charge in [-0.2, -0.15) is 5.10 Å². The highest BCUT2D eigenvalue weighted by atomic mass is 16.2. The van der Waals surface area contributed by atoms with Crippen molar-refractivity contribution in [1.29, 1.82) is 0 Å². The van der Waals surface area contributed by atoms with Gasteiger partial charge in [-0.3, -0.25) is 14.5 Å². The molecular formula is C23H20N4O. The average molecular weight is 368 g/mol. The van der Waals surface area contributed by atoms with Gasteiger partial charge in [0, 0.05) is 31.4 Å². The topological polar surface area (TPSA) is 51.0 Å². The fourth-order valence-electron chi connectivity index (χ4n) is 3.90. The summed E-state index contributed by atoms with van der Waals surface area (Å²) >= 11 is 0. The van der Waals surface area contributed by atoms with E-state index in [0.717, 1.165) is 27.7 Å². The summed E-state index contributed by atoms with van der Waals surface area (Å²) in [6.45, 7) is 3.28. The Morgan fingerprint density at radius 1 is 1.07 bits per heavy atom. The molecule has 2 aromatic carbocycles. The zero-order valence-electron chi connectivity index (χ0n) is 15.9. The smallest absolute Gasteiger partial charge is 0.256 e. The minimum Gasteiger partial charge on any atom is -0.328 e. The van der Waals surface area contributed by atoms with Gasteiger partial charge in [0.25, 0.3) is 5.91 Å². The van der Waals surface area contributed by atoms with Crippen molar-refractivity contribution in [2.75, 3.05) is 0 Å². The second-order valence-corrected chi connectivity index (χ2v) is 7.38. The standard InChI is InChI=1S/C23H20N4O/c1-15-10-16(17-7-8-21-19(11-17)12-26(2)25-21)5-6-18(15)13-27-14-22-20(23(27)28)4-3-9-24-22/h3-12H,13-14H2,1-2H3. The number of amides is 1. The highest BCUT2D eigenvalue weighted by Gasteiger charge is 2.28. The average Bonchev–Trinajstić information content (AvgIpc) is 3.22. The lowest BCUT2D eigenvalue weighted by Crippen LogP contribution is -2.23. The van der Waals surface area contributed by atoms with Crippen LogP contribution in [-0.2, 0) is 20.1 Å². The third-order valence-electron chi connectivity index (χ3n) is 5.40. The number of rotatable bonds is 3. The van der Waals surface area contributed by atoms with Crippen LogP contribution >= 0.6 is 0 Å². The third kappa shape index (κ3) is 2.76. The van der Waals surface area contributed by atoms with E-state index in [9.17, 15) is 4.79 Å². The van der Waals surface area contributed by atoms with Gasteiger partial charge in [-0.25, -0.2) is 0 Å². The largest absolute Gasteiger partial charge is 0.328 e. The molecule has 0 atom stereocenters. The summed E-state index contributed by atoms with van der Waals surface area (Å²) in [6, 6.07) is 16.5. The Hall–Kier alpha value is -3.47. The molecule has 0 saturated heterocycles. The zero-order chi connectivity index (χ0) is 19.3. The highest BCUT2D eigenvalue weighted by Crippen LogP contribution is 2.28. The van der Waals surface area contributed by atoms with Crippen molar-refractivity contribution in [1.82, 2.24) is 19.7 Å². The SMILES string of the molecule is Cc1cc(-c2ccc3nn(C)cc3c2)ccc1CN1Cc2ncccc2C1=O. The molecule has 1 amide bonds. The molecule has 0 spiro atoms. The van der Waals surface area contributed by atoms with Crippen LogP contribution in [0.15, 0.2) is 60.9 Å². The van der Waals surface area contributed by atoms with Crippen LogP contribution in [0.3, 0.4) is 0 Å². The predicted molar refractivity (Wildman–Crippen MR) is 109 cm³/mol. The minimum atomic E-state index is 0.0635. The number of carbonyl (C=O) groups excluding carboxylic acids is 1. The van der Waals surface area contributed by atoms with Crippen molar-refractivity contribution in [3.05, 3.63) is 83.3 Å². The van der Waals surface area contributed by atoms with Crippen LogP contribution in [0.1, 0.15) is 27.2 Å². The molecule has 2 aromatic heterocycles. The Morgan fingerprint density at radius 2 is 1.89 bits per heavy atom. The van der Waals surface area contributed by atoms with E-state index in [2.05, 4.69) is 53.4 Å². The Bertz CT molecular complexity index is 1220. The molecule has 3 heterocycles. The van der Waals surface area contributed by atoms with Gasteiger partial charge in [0.05, 0.1) is 23.3 Å². The summed E-state index contributed by atoms with van der Waals surface area (Å²) in [5.74, 6) is 0.0635. The maximum Gasteiger partial charge on any atom is 0.256 e. The molecule has 1 aliphatic rings. The first-order valence-electron chi connectivity index (χ1n) is 9.35. The molecule has 0 N–H and O–H groups in total. The molecule has 0 fully saturated rings. The van der Waals surface area contributed by atoms with Crippen LogP contribution < -0.4 is 0 Å². The van der Waals surface area contributed by atoms with E-state index in [-0.39, 0.29) is 5.91 Å². The molecule has 0 bridgehead atoms. The molecule has 0 unspecified atom stereocenters. The number of hydrogen-bond donors (Lipinski definition) is 0. The summed E-state index contributed by atoms with van der Waals surface area (Å²) in [4.78, 5) is 18.8. The van der Waals surface area contributed by atoms with E-state index >= 15 is 0 Å². The molecular weight excluding hydrogens is 348 g/mol. The van der Waals surface area contributed by atoms with E-state index in [1.165, 1.54) is 16.7 Å². The van der Waals surface area contributed by atoms with Gasteiger partial charge in [0.15, 0.2) is 0 Å². The summed E-state index contributed by atoms with van der Waals surface area (Å²) in [5.41, 5.74) is 7.27. The van der Waals surface area contributed by atoms with Crippen molar-refractivity contribution in [2.24, 2.45) is 7.05 Å². The summed E-state index contributed by atoms with van der Waals surface area (Å²) < 4.78 is 1.84. The number of carbonyl (C=O) groups is 1. The Labute approximate surface area is 163 Å². The molecule has 138 valence electrons. The Kier molecular flexibility index (Phi) is 3.76. The van der Waals surface area contributed by atoms with Crippen LogP contribution in [-0.4, -0.2) is 25.6 Å². The van der Waals surface area contributed by atoms with Gasteiger partial charge in [-0.1, -0.05) is 24.3 Å². The first-order valence-corrected chi connectivity index (χ1v) is 9.35. The number of hydrogen-bond acceptors (Lipinski definition) is 3. The molecule has 5 rings (SSSR count). The Morgan fingerprint density at radius 3 is 2.71 bits per heavy atom. The minimum absolute atomic E-state index is 0.0635. The van der Waals surface area contributed by atoms with E-state index in [0.29, 0.717) is 13.1 Å². The van der Waals surface area contributed by atoms with Crippen molar-refractivity contribution >= 4 is 16.8 Å². The van der Waals surface area contributed by atoms with Crippen LogP contribution in [0.4, 0.5) is 0 Å². The van der Waals surface area contributed by atoms with Gasteiger partial charge in [-0.15, -0.1) is 0 Å². The lowest BCUT2D eigenvalue weighted by atomic mass is 9.99. The van der Waals surface area contributed by atoms with Gasteiger partial charge in [-0.05, 0) is 53.4 Å². The van der Waals surface area contributed by atoms with Crippen molar-refractivity contribution in [3.8, 4) is 11.1 Å². The summed E-state index contributed by atoms with van der Waals surface area (Å²) in [6.07, 6.45) is 3.78. The second-order valence-electron chi connectivity index (χ2n) is 7.38. The number of benzene rings is 2. The quantitative estimate of drug-likeness (QED) is 0.547. The van der Waals surface area contributed by atoms with E-state index in [1.807, 2.05) is 35.0 Å². The molecule has 4 aromatic rings. The summed E-state index contributed by atoms with van der Waals surface area (Å²) in [7, 11) is 1.94. The van der Waals surface area contributed by atoms with E-state index in [1.54, 1.807) is 6.20 Å². The van der Waals surface area contributed by atoms with E-state index < -0.39 is 0 Å². The molecule has 0 saturated carbocycles. The molecule has 5 heteroatoms.